The average molecular weight is 525 g/mol. The highest BCUT2D eigenvalue weighted by atomic mass is 16.4. The van der Waals surface area contributed by atoms with Gasteiger partial charge in [-0.1, -0.05) is 13.8 Å². The summed E-state index contributed by atoms with van der Waals surface area (Å²) in [5, 5.41) is 15.2. The van der Waals surface area contributed by atoms with Gasteiger partial charge in [-0.3, -0.25) is 14.4 Å². The first-order chi connectivity index (χ1) is 18.6. The van der Waals surface area contributed by atoms with Crippen molar-refractivity contribution < 1.29 is 19.5 Å². The van der Waals surface area contributed by atoms with E-state index in [4.69, 9.17) is 0 Å². The van der Waals surface area contributed by atoms with Gasteiger partial charge in [-0.05, 0) is 74.6 Å². The largest absolute Gasteiger partial charge is 0.480 e. The highest BCUT2D eigenvalue weighted by molar-refractivity contribution is 6.24. The lowest BCUT2D eigenvalue weighted by molar-refractivity contribution is -0.138. The highest BCUT2D eigenvalue weighted by Crippen LogP contribution is 2.47. The molecule has 0 amide bonds. The Bertz CT molecular complexity index is 1810. The lowest BCUT2D eigenvalue weighted by Gasteiger charge is -2.17. The van der Waals surface area contributed by atoms with E-state index in [1.165, 1.54) is 0 Å². The van der Waals surface area contributed by atoms with Crippen molar-refractivity contribution >= 4 is 41.8 Å². The van der Waals surface area contributed by atoms with E-state index in [0.717, 1.165) is 57.5 Å². The predicted octanol–water partition coefficient (Wildman–Crippen LogP) is 3.60. The van der Waals surface area contributed by atoms with Crippen LogP contribution in [-0.2, 0) is 4.79 Å². The van der Waals surface area contributed by atoms with Gasteiger partial charge in [-0.2, -0.15) is 0 Å². The number of ketones is 1. The third-order valence-electron chi connectivity index (χ3n) is 9.08. The van der Waals surface area contributed by atoms with E-state index in [-0.39, 0.29) is 11.8 Å². The number of carbonyl (C=O) groups is 3. The lowest BCUT2D eigenvalue weighted by atomic mass is 9.86. The number of hydrogen-bond donors (Lipinski definition) is 5. The van der Waals surface area contributed by atoms with Crippen LogP contribution in [0.4, 0.5) is 0 Å². The summed E-state index contributed by atoms with van der Waals surface area (Å²) in [4.78, 5) is 48.5. The molecule has 5 heterocycles. The average Bonchev–Trinajstić information content (AvgIpc) is 3.62. The minimum Gasteiger partial charge on any atom is -0.480 e. The number of allylic oxidation sites excluding steroid dienone is 2. The Hall–Kier alpha value is -4.33. The van der Waals surface area contributed by atoms with Crippen molar-refractivity contribution in [2.24, 2.45) is 17.8 Å². The molecule has 3 atom stereocenters. The number of hydrogen-bond acceptors (Lipinski definition) is 4. The minimum absolute atomic E-state index is 0.0314. The van der Waals surface area contributed by atoms with Crippen molar-refractivity contribution in [3.63, 3.8) is 0 Å². The maximum atomic E-state index is 13.6. The fourth-order valence-corrected chi connectivity index (χ4v) is 6.57. The SMILES string of the molecule is CC[C@@H]1/C2=C3/c4[nH]c(c(C)c4C(=O)[C@@H]3C(=O)O)/C=c3\[nH]/c(c(C=O)c3C)=C\c3[nH]c(c(C)c3C)/C=C(/N2)[C@H]1C. The van der Waals surface area contributed by atoms with Crippen LogP contribution in [0.3, 0.4) is 0 Å². The first-order valence-electron chi connectivity index (χ1n) is 13.4. The molecule has 5 N–H and O–H groups in total. The molecule has 1 aliphatic carbocycles. The maximum Gasteiger partial charge on any atom is 0.319 e. The van der Waals surface area contributed by atoms with Gasteiger partial charge in [-0.15, -0.1) is 0 Å². The molecule has 0 radical (unpaired) electrons. The molecule has 8 nitrogen and oxygen atoms in total. The number of Topliss-reactive ketones (excluding diaryl/α,β-unsaturated/α-hetero) is 1. The summed E-state index contributed by atoms with van der Waals surface area (Å²) in [5.74, 6) is -2.69. The first-order valence-corrected chi connectivity index (χ1v) is 13.4. The molecule has 2 aliphatic heterocycles. The molecule has 3 aromatic heterocycles. The van der Waals surface area contributed by atoms with Crippen LogP contribution in [0, 0.1) is 45.4 Å². The molecule has 6 rings (SSSR count). The summed E-state index contributed by atoms with van der Waals surface area (Å²) < 4.78 is 0. The summed E-state index contributed by atoms with van der Waals surface area (Å²) in [5.41, 5.74) is 10.1. The molecule has 3 aromatic rings. The molecule has 0 saturated carbocycles. The summed E-state index contributed by atoms with van der Waals surface area (Å²) in [7, 11) is 0. The summed E-state index contributed by atoms with van der Waals surface area (Å²) in [6.07, 6.45) is 7.61. The molecule has 8 bridgehead atoms. The van der Waals surface area contributed by atoms with Crippen molar-refractivity contribution in [1.29, 1.82) is 0 Å². The fraction of sp³-hybridized carbons (Fsp3) is 0.323. The van der Waals surface area contributed by atoms with Gasteiger partial charge in [0.25, 0.3) is 0 Å². The number of rotatable bonds is 3. The number of aldehydes is 1. The van der Waals surface area contributed by atoms with Gasteiger partial charge in [0.2, 0.25) is 0 Å². The van der Waals surface area contributed by atoms with Gasteiger partial charge in [0.15, 0.2) is 12.1 Å². The number of carbonyl (C=O) groups excluding carboxylic acids is 2. The number of H-pyrrole nitrogens is 3. The van der Waals surface area contributed by atoms with Gasteiger partial charge in [-0.25, -0.2) is 0 Å². The first kappa shape index (κ1) is 25.0. The van der Waals surface area contributed by atoms with Crippen LogP contribution in [-0.4, -0.2) is 38.1 Å². The van der Waals surface area contributed by atoms with E-state index < -0.39 is 17.7 Å². The second kappa shape index (κ2) is 8.59. The van der Waals surface area contributed by atoms with E-state index >= 15 is 0 Å². The Balaban J connectivity index is 1.76. The van der Waals surface area contributed by atoms with Crippen LogP contribution in [0.25, 0.3) is 23.8 Å². The number of aromatic nitrogens is 3. The molecule has 0 spiro atoms. The van der Waals surface area contributed by atoms with E-state index in [9.17, 15) is 19.5 Å². The maximum absolute atomic E-state index is 13.6. The number of carboxylic acid groups (broad SMARTS) is 1. The van der Waals surface area contributed by atoms with Crippen LogP contribution in [0.2, 0.25) is 0 Å². The van der Waals surface area contributed by atoms with Crippen LogP contribution in [0.1, 0.15) is 86.0 Å². The van der Waals surface area contributed by atoms with E-state index in [0.29, 0.717) is 39.0 Å². The zero-order valence-electron chi connectivity index (χ0n) is 22.9. The Morgan fingerprint density at radius 3 is 2.21 bits per heavy atom. The molecule has 1 fully saturated rings. The Kier molecular flexibility index (Phi) is 5.50. The zero-order valence-corrected chi connectivity index (χ0v) is 22.9. The number of nitrogens with one attached hydrogen (secondary N) is 4. The monoisotopic (exact) mass is 524 g/mol. The third-order valence-corrected chi connectivity index (χ3v) is 9.08. The smallest absolute Gasteiger partial charge is 0.319 e. The van der Waals surface area contributed by atoms with Crippen molar-refractivity contribution in [3.8, 4) is 0 Å². The molecule has 3 aliphatic rings. The molecule has 39 heavy (non-hydrogen) atoms. The van der Waals surface area contributed by atoms with Gasteiger partial charge < -0.3 is 25.4 Å². The molecule has 8 heteroatoms. The summed E-state index contributed by atoms with van der Waals surface area (Å²) in [6.45, 7) is 12.1. The van der Waals surface area contributed by atoms with Gasteiger partial charge >= 0.3 is 5.97 Å². The van der Waals surface area contributed by atoms with Crippen molar-refractivity contribution in [2.45, 2.75) is 48.0 Å². The second-order valence-corrected chi connectivity index (χ2v) is 11.0. The van der Waals surface area contributed by atoms with Crippen LogP contribution < -0.4 is 16.0 Å². The predicted molar refractivity (Wildman–Crippen MR) is 150 cm³/mol. The fourth-order valence-electron chi connectivity index (χ4n) is 6.57. The quantitative estimate of drug-likeness (QED) is 0.264. The number of aliphatic carboxylic acids is 1. The topological polar surface area (TPSA) is 131 Å². The van der Waals surface area contributed by atoms with Crippen molar-refractivity contribution in [1.82, 2.24) is 20.3 Å². The molecular formula is C31H32N4O4. The molecule has 1 saturated heterocycles. The summed E-state index contributed by atoms with van der Waals surface area (Å²) >= 11 is 0. The van der Waals surface area contributed by atoms with Crippen molar-refractivity contribution in [2.75, 3.05) is 0 Å². The molecule has 0 aromatic carbocycles. The van der Waals surface area contributed by atoms with Crippen LogP contribution in [0.15, 0.2) is 11.4 Å². The molecular weight excluding hydrogens is 492 g/mol. The number of aromatic amines is 3. The van der Waals surface area contributed by atoms with Gasteiger partial charge in [0.1, 0.15) is 5.92 Å². The number of carboxylic acids is 1. The Labute approximate surface area is 225 Å². The highest BCUT2D eigenvalue weighted by Gasteiger charge is 2.47. The lowest BCUT2D eigenvalue weighted by Crippen LogP contribution is -2.23. The Morgan fingerprint density at radius 2 is 1.56 bits per heavy atom. The van der Waals surface area contributed by atoms with Crippen molar-refractivity contribution in [3.05, 3.63) is 78.2 Å². The van der Waals surface area contributed by atoms with Crippen LogP contribution >= 0.6 is 0 Å². The van der Waals surface area contributed by atoms with Gasteiger partial charge in [0.05, 0.1) is 11.0 Å². The van der Waals surface area contributed by atoms with E-state index in [1.54, 1.807) is 0 Å². The normalized spacial score (nSPS) is 26.4. The molecule has 0 unspecified atom stereocenters. The molecule has 200 valence electrons. The number of fused-ring (bicyclic) bond motifs is 7. The third kappa shape index (κ3) is 3.40. The minimum atomic E-state index is -1.27. The second-order valence-electron chi connectivity index (χ2n) is 11.0. The van der Waals surface area contributed by atoms with E-state index in [2.05, 4.69) is 54.0 Å². The van der Waals surface area contributed by atoms with Crippen LogP contribution in [0.5, 0.6) is 0 Å². The Morgan fingerprint density at radius 1 is 0.923 bits per heavy atom. The van der Waals surface area contributed by atoms with E-state index in [1.807, 2.05) is 26.0 Å². The summed E-state index contributed by atoms with van der Waals surface area (Å²) in [6, 6.07) is 0. The zero-order chi connectivity index (χ0) is 27.9. The standard InChI is InChI=1S/C31H32N4O4/c1-7-17-14(4)22-8-19-12(2)13(3)20(32-19)10-24-18(11-36)15(5)21(33-24)9-23-16(6)25-29(35-23)26(28(17)34-22)27(30(25)37)31(38)39/h8-11,14,17,27,32-35H,7H2,1-6H3,(H,38,39)/b21-9-,22-8+,24-10-,28-26-/t14-,17-,27+/m0/s1. The van der Waals surface area contributed by atoms with Gasteiger partial charge in [0, 0.05) is 62.4 Å².